The number of anilines is 2. The molecular formula is C19H18Cl5N3O2. The summed E-state index contributed by atoms with van der Waals surface area (Å²) in [4.78, 5) is 12.7. The van der Waals surface area contributed by atoms with E-state index in [2.05, 4.69) is 17.3 Å². The molecule has 0 saturated carbocycles. The van der Waals surface area contributed by atoms with Crippen molar-refractivity contribution in [3.63, 3.8) is 0 Å². The molecule has 5 nitrogen and oxygen atoms in total. The van der Waals surface area contributed by atoms with Crippen LogP contribution < -0.4 is 20.5 Å². The Labute approximate surface area is 194 Å². The van der Waals surface area contributed by atoms with Crippen LogP contribution in [0.1, 0.15) is 6.92 Å². The van der Waals surface area contributed by atoms with E-state index in [0.29, 0.717) is 27.2 Å². The molecule has 2 aromatic rings. The number of halogens is 5. The van der Waals surface area contributed by atoms with E-state index in [1.54, 1.807) is 56.5 Å². The normalized spacial score (nSPS) is 12.2. The molecule has 0 aliphatic carbocycles. The lowest BCUT2D eigenvalue weighted by molar-refractivity contribution is -0.117. The highest BCUT2D eigenvalue weighted by Gasteiger charge is 2.31. The number of methoxy groups -OCH3 is 1. The SMILES string of the molecule is C=C(N(NC(C)C(=O)Nc1cccc(OC)c1)c1ccc(Cl)c(Cl)c1)C(Cl)(Cl)Cl. The first-order valence-corrected chi connectivity index (χ1v) is 10.1. The van der Waals surface area contributed by atoms with Crippen LogP contribution in [0.15, 0.2) is 54.7 Å². The second kappa shape index (κ2) is 10.1. The van der Waals surface area contributed by atoms with Gasteiger partial charge in [-0.3, -0.25) is 9.80 Å². The third-order valence-electron chi connectivity index (χ3n) is 3.81. The molecule has 10 heteroatoms. The number of carbonyl (C=O) groups excluding carboxylic acids is 1. The first-order valence-electron chi connectivity index (χ1n) is 8.25. The summed E-state index contributed by atoms with van der Waals surface area (Å²) in [6.45, 7) is 5.46. The molecule has 0 aromatic heterocycles. The number of nitrogens with one attached hydrogen (secondary N) is 2. The summed E-state index contributed by atoms with van der Waals surface area (Å²) in [5.41, 5.74) is 4.10. The maximum Gasteiger partial charge on any atom is 0.243 e. The van der Waals surface area contributed by atoms with Gasteiger partial charge >= 0.3 is 0 Å². The van der Waals surface area contributed by atoms with Crippen LogP contribution in [-0.2, 0) is 4.79 Å². The van der Waals surface area contributed by atoms with Crippen LogP contribution in [0.5, 0.6) is 5.75 Å². The number of hydrazine groups is 1. The number of hydrogen-bond acceptors (Lipinski definition) is 4. The summed E-state index contributed by atoms with van der Waals surface area (Å²) in [7, 11) is 1.54. The molecular weight excluding hydrogens is 479 g/mol. The van der Waals surface area contributed by atoms with E-state index in [1.165, 1.54) is 5.01 Å². The number of ether oxygens (including phenoxy) is 1. The molecule has 0 aliphatic rings. The molecule has 1 atom stereocenters. The minimum atomic E-state index is -1.83. The molecule has 0 heterocycles. The Morgan fingerprint density at radius 3 is 2.41 bits per heavy atom. The van der Waals surface area contributed by atoms with Crippen LogP contribution in [0.3, 0.4) is 0 Å². The quantitative estimate of drug-likeness (QED) is 0.352. The average molecular weight is 498 g/mol. The fraction of sp³-hybridized carbons (Fsp3) is 0.211. The molecule has 0 aliphatic heterocycles. The van der Waals surface area contributed by atoms with Crippen molar-refractivity contribution >= 4 is 75.3 Å². The van der Waals surface area contributed by atoms with E-state index in [0.717, 1.165) is 0 Å². The number of amides is 1. The molecule has 29 heavy (non-hydrogen) atoms. The van der Waals surface area contributed by atoms with Crippen LogP contribution in [0.25, 0.3) is 0 Å². The highest BCUT2D eigenvalue weighted by molar-refractivity contribution is 6.69. The first-order chi connectivity index (χ1) is 13.5. The topological polar surface area (TPSA) is 53.6 Å². The summed E-state index contributed by atoms with van der Waals surface area (Å²) >= 11 is 30.1. The van der Waals surface area contributed by atoms with Crippen LogP contribution in [0.2, 0.25) is 10.0 Å². The largest absolute Gasteiger partial charge is 0.497 e. The molecule has 1 amide bonds. The standard InChI is InChI=1S/C19H18Cl5N3O2/c1-11(18(28)25-13-5-4-6-15(9-13)29-3)26-27(12(2)19(22,23)24)14-7-8-16(20)17(21)10-14/h4-11,26H,2H2,1,3H3,(H,25,28). The van der Waals surface area contributed by atoms with Crippen LogP contribution in [-0.4, -0.2) is 22.9 Å². The summed E-state index contributed by atoms with van der Waals surface area (Å²) < 4.78 is 3.32. The molecule has 2 N–H and O–H groups in total. The van der Waals surface area contributed by atoms with Gasteiger partial charge in [-0.25, -0.2) is 5.43 Å². The number of benzene rings is 2. The number of carbonyl (C=O) groups is 1. The van der Waals surface area contributed by atoms with E-state index >= 15 is 0 Å². The number of nitrogens with zero attached hydrogens (tertiary/aromatic N) is 1. The van der Waals surface area contributed by atoms with Crippen molar-refractivity contribution in [3.8, 4) is 5.75 Å². The monoisotopic (exact) mass is 495 g/mol. The molecule has 0 radical (unpaired) electrons. The molecule has 0 bridgehead atoms. The first kappa shape index (κ1) is 23.9. The van der Waals surface area contributed by atoms with Gasteiger partial charge in [-0.2, -0.15) is 0 Å². The Balaban J connectivity index is 2.23. The van der Waals surface area contributed by atoms with Crippen molar-refractivity contribution in [3.05, 3.63) is 64.8 Å². The lowest BCUT2D eigenvalue weighted by atomic mass is 10.2. The predicted octanol–water partition coefficient (Wildman–Crippen LogP) is 6.22. The zero-order valence-corrected chi connectivity index (χ0v) is 19.3. The van der Waals surface area contributed by atoms with E-state index in [1.807, 2.05) is 0 Å². The molecule has 0 saturated heterocycles. The Morgan fingerprint density at radius 2 is 1.83 bits per heavy atom. The Morgan fingerprint density at radius 1 is 1.14 bits per heavy atom. The Hall–Kier alpha value is -1.34. The minimum Gasteiger partial charge on any atom is -0.497 e. The van der Waals surface area contributed by atoms with Crippen LogP contribution in [0, 0.1) is 0 Å². The van der Waals surface area contributed by atoms with Crippen molar-refractivity contribution < 1.29 is 9.53 Å². The summed E-state index contributed by atoms with van der Waals surface area (Å²) in [5.74, 6) is 0.283. The second-order valence-electron chi connectivity index (χ2n) is 5.95. The fourth-order valence-corrected chi connectivity index (χ4v) is 2.81. The Kier molecular flexibility index (Phi) is 8.35. The predicted molar refractivity (Wildman–Crippen MR) is 123 cm³/mol. The van der Waals surface area contributed by atoms with Crippen LogP contribution in [0.4, 0.5) is 11.4 Å². The van der Waals surface area contributed by atoms with Gasteiger partial charge in [0.1, 0.15) is 11.8 Å². The molecule has 0 fully saturated rings. The minimum absolute atomic E-state index is 0.0712. The third-order valence-corrected chi connectivity index (χ3v) is 5.21. The van der Waals surface area contributed by atoms with Crippen molar-refractivity contribution in [2.45, 2.75) is 16.8 Å². The van der Waals surface area contributed by atoms with Gasteiger partial charge in [-0.1, -0.05) is 70.7 Å². The molecule has 1 unspecified atom stereocenters. The molecule has 2 aromatic carbocycles. The van der Waals surface area contributed by atoms with Crippen molar-refractivity contribution in [1.29, 1.82) is 0 Å². The summed E-state index contributed by atoms with van der Waals surface area (Å²) in [5, 5.41) is 4.82. The molecule has 0 spiro atoms. The molecule has 156 valence electrons. The van der Waals surface area contributed by atoms with Crippen molar-refractivity contribution in [2.75, 3.05) is 17.4 Å². The number of allylic oxidation sites excluding steroid dienone is 1. The highest BCUT2D eigenvalue weighted by Crippen LogP contribution is 2.38. The maximum absolute atomic E-state index is 12.7. The summed E-state index contributed by atoms with van der Waals surface area (Å²) in [6, 6.07) is 11.0. The smallest absolute Gasteiger partial charge is 0.243 e. The van der Waals surface area contributed by atoms with E-state index in [9.17, 15) is 4.79 Å². The van der Waals surface area contributed by atoms with Gasteiger partial charge in [0.05, 0.1) is 28.5 Å². The van der Waals surface area contributed by atoms with Crippen LogP contribution >= 0.6 is 58.0 Å². The number of hydrogen-bond donors (Lipinski definition) is 2. The zero-order valence-electron chi connectivity index (χ0n) is 15.5. The van der Waals surface area contributed by atoms with Gasteiger partial charge in [0, 0.05) is 11.8 Å². The van der Waals surface area contributed by atoms with Gasteiger partial charge in [-0.15, -0.1) is 0 Å². The number of rotatable bonds is 7. The van der Waals surface area contributed by atoms with Gasteiger partial charge in [0.25, 0.3) is 0 Å². The number of alkyl halides is 3. The summed E-state index contributed by atoms with van der Waals surface area (Å²) in [6.07, 6.45) is 0. The molecule has 2 rings (SSSR count). The van der Waals surface area contributed by atoms with Gasteiger partial charge in [-0.05, 0) is 37.3 Å². The lowest BCUT2D eigenvalue weighted by Crippen LogP contribution is -2.50. The van der Waals surface area contributed by atoms with Crippen molar-refractivity contribution in [2.24, 2.45) is 0 Å². The fourth-order valence-electron chi connectivity index (χ4n) is 2.26. The lowest BCUT2D eigenvalue weighted by Gasteiger charge is -2.33. The van der Waals surface area contributed by atoms with E-state index in [4.69, 9.17) is 62.7 Å². The Bertz CT molecular complexity index is 902. The average Bonchev–Trinajstić information content (AvgIpc) is 2.67. The zero-order chi connectivity index (χ0) is 21.8. The van der Waals surface area contributed by atoms with E-state index < -0.39 is 9.83 Å². The van der Waals surface area contributed by atoms with Crippen molar-refractivity contribution in [1.82, 2.24) is 5.43 Å². The van der Waals surface area contributed by atoms with Gasteiger partial charge < -0.3 is 10.1 Å². The van der Waals surface area contributed by atoms with Gasteiger partial charge in [0.15, 0.2) is 0 Å². The van der Waals surface area contributed by atoms with E-state index in [-0.39, 0.29) is 11.6 Å². The third kappa shape index (κ3) is 6.57. The highest BCUT2D eigenvalue weighted by atomic mass is 35.6. The maximum atomic E-state index is 12.7. The van der Waals surface area contributed by atoms with Gasteiger partial charge in [0.2, 0.25) is 9.70 Å². The second-order valence-corrected chi connectivity index (χ2v) is 9.05.